The SMILES string of the molecule is CCNC(=NCc1c(OC)cc(OC)cc1OC)NCC1CCCS1.I. The summed E-state index contributed by atoms with van der Waals surface area (Å²) >= 11 is 2.03. The summed E-state index contributed by atoms with van der Waals surface area (Å²) in [6.45, 7) is 4.29. The third-order valence-electron chi connectivity index (χ3n) is 4.08. The van der Waals surface area contributed by atoms with Gasteiger partial charge in [-0.1, -0.05) is 0 Å². The Morgan fingerprint density at radius 1 is 1.15 bits per heavy atom. The molecule has 2 rings (SSSR count). The van der Waals surface area contributed by atoms with Crippen LogP contribution in [0.5, 0.6) is 17.2 Å². The lowest BCUT2D eigenvalue weighted by atomic mass is 10.1. The number of nitrogens with one attached hydrogen (secondary N) is 2. The minimum Gasteiger partial charge on any atom is -0.496 e. The highest BCUT2D eigenvalue weighted by Gasteiger charge is 2.16. The fraction of sp³-hybridized carbons (Fsp3) is 0.611. The summed E-state index contributed by atoms with van der Waals surface area (Å²) in [6.07, 6.45) is 2.59. The highest BCUT2D eigenvalue weighted by Crippen LogP contribution is 2.34. The zero-order valence-electron chi connectivity index (χ0n) is 16.0. The highest BCUT2D eigenvalue weighted by atomic mass is 127. The Bertz CT molecular complexity index is 556. The van der Waals surface area contributed by atoms with E-state index in [1.54, 1.807) is 21.3 Å². The summed E-state index contributed by atoms with van der Waals surface area (Å²) in [5.41, 5.74) is 0.901. The van der Waals surface area contributed by atoms with E-state index in [1.807, 2.05) is 23.9 Å². The van der Waals surface area contributed by atoms with Crippen LogP contribution >= 0.6 is 35.7 Å². The van der Waals surface area contributed by atoms with E-state index < -0.39 is 0 Å². The summed E-state index contributed by atoms with van der Waals surface area (Å²) in [5.74, 6) is 4.20. The second kappa shape index (κ2) is 12.4. The van der Waals surface area contributed by atoms with E-state index in [4.69, 9.17) is 19.2 Å². The van der Waals surface area contributed by atoms with Gasteiger partial charge in [0.1, 0.15) is 17.2 Å². The van der Waals surface area contributed by atoms with Crippen molar-refractivity contribution in [3.05, 3.63) is 17.7 Å². The lowest BCUT2D eigenvalue weighted by molar-refractivity contribution is 0.369. The Balaban J connectivity index is 0.00000338. The van der Waals surface area contributed by atoms with Crippen LogP contribution in [-0.4, -0.2) is 51.4 Å². The van der Waals surface area contributed by atoms with Crippen LogP contribution in [0.25, 0.3) is 0 Å². The molecule has 1 aliphatic heterocycles. The minimum absolute atomic E-state index is 0. The van der Waals surface area contributed by atoms with Gasteiger partial charge in [-0.3, -0.25) is 0 Å². The fourth-order valence-corrected chi connectivity index (χ4v) is 3.95. The minimum atomic E-state index is 0. The second-order valence-corrected chi connectivity index (χ2v) is 7.13. The first-order valence-corrected chi connectivity index (χ1v) is 9.69. The van der Waals surface area contributed by atoms with Crippen LogP contribution in [0.2, 0.25) is 0 Å². The predicted octanol–water partition coefficient (Wildman–Crippen LogP) is 3.28. The van der Waals surface area contributed by atoms with Gasteiger partial charge in [-0.2, -0.15) is 11.8 Å². The second-order valence-electron chi connectivity index (χ2n) is 5.72. The monoisotopic (exact) mass is 495 g/mol. The van der Waals surface area contributed by atoms with Crippen molar-refractivity contribution < 1.29 is 14.2 Å². The lowest BCUT2D eigenvalue weighted by Gasteiger charge is -2.16. The van der Waals surface area contributed by atoms with E-state index in [2.05, 4.69) is 17.6 Å². The molecule has 1 aromatic carbocycles. The molecule has 1 unspecified atom stereocenters. The molecule has 0 aliphatic carbocycles. The molecule has 2 N–H and O–H groups in total. The Morgan fingerprint density at radius 3 is 2.35 bits per heavy atom. The summed E-state index contributed by atoms with van der Waals surface area (Å²) in [4.78, 5) is 4.70. The van der Waals surface area contributed by atoms with Gasteiger partial charge in [-0.05, 0) is 25.5 Å². The number of aliphatic imine (C=N–C) groups is 1. The number of halogens is 1. The zero-order chi connectivity index (χ0) is 18.1. The van der Waals surface area contributed by atoms with Gasteiger partial charge in [0.25, 0.3) is 0 Å². The highest BCUT2D eigenvalue weighted by molar-refractivity contribution is 14.0. The van der Waals surface area contributed by atoms with E-state index in [0.717, 1.165) is 24.6 Å². The average Bonchev–Trinajstić information content (AvgIpc) is 3.16. The number of guanidine groups is 1. The van der Waals surface area contributed by atoms with Gasteiger partial charge in [0, 0.05) is 30.5 Å². The standard InChI is InChI=1S/C18H29N3O3S.HI/c1-5-19-18(20-11-14-7-6-8-25-14)21-12-15-16(23-3)9-13(22-2)10-17(15)24-4;/h9-10,14H,5-8,11-12H2,1-4H3,(H2,19,20,21);1H. The fourth-order valence-electron chi connectivity index (χ4n) is 2.75. The van der Waals surface area contributed by atoms with E-state index in [9.17, 15) is 0 Å². The van der Waals surface area contributed by atoms with Gasteiger partial charge in [-0.25, -0.2) is 4.99 Å². The molecule has 1 aliphatic rings. The molecule has 1 atom stereocenters. The van der Waals surface area contributed by atoms with Gasteiger partial charge in [0.05, 0.1) is 33.4 Å². The molecule has 0 saturated carbocycles. The smallest absolute Gasteiger partial charge is 0.191 e. The van der Waals surface area contributed by atoms with Crippen LogP contribution in [0, 0.1) is 0 Å². The van der Waals surface area contributed by atoms with E-state index in [0.29, 0.717) is 29.0 Å². The average molecular weight is 495 g/mol. The Labute approximate surface area is 177 Å². The third kappa shape index (κ3) is 6.61. The summed E-state index contributed by atoms with van der Waals surface area (Å²) < 4.78 is 16.3. The number of ether oxygens (including phenoxy) is 3. The molecule has 0 radical (unpaired) electrons. The first-order chi connectivity index (χ1) is 12.2. The normalized spacial score (nSPS) is 16.6. The topological polar surface area (TPSA) is 64.1 Å². The molecule has 8 heteroatoms. The quantitative estimate of drug-likeness (QED) is 0.328. The molecule has 0 bridgehead atoms. The van der Waals surface area contributed by atoms with Crippen LogP contribution in [-0.2, 0) is 6.54 Å². The summed E-state index contributed by atoms with van der Waals surface area (Å²) in [7, 11) is 4.91. The van der Waals surface area contributed by atoms with Crippen molar-refractivity contribution in [2.24, 2.45) is 4.99 Å². The molecular formula is C18H30IN3O3S. The molecule has 0 amide bonds. The lowest BCUT2D eigenvalue weighted by Crippen LogP contribution is -2.40. The maximum atomic E-state index is 5.49. The van der Waals surface area contributed by atoms with Crippen molar-refractivity contribution in [1.82, 2.24) is 10.6 Å². The molecule has 148 valence electrons. The van der Waals surface area contributed by atoms with Crippen molar-refractivity contribution in [1.29, 1.82) is 0 Å². The van der Waals surface area contributed by atoms with E-state index in [-0.39, 0.29) is 24.0 Å². The maximum Gasteiger partial charge on any atom is 0.191 e. The van der Waals surface area contributed by atoms with Gasteiger partial charge < -0.3 is 24.8 Å². The third-order valence-corrected chi connectivity index (χ3v) is 5.48. The van der Waals surface area contributed by atoms with Crippen molar-refractivity contribution in [2.75, 3.05) is 40.2 Å². The Hall–Kier alpha value is -1.03. The number of rotatable bonds is 8. The van der Waals surface area contributed by atoms with Crippen LogP contribution in [0.15, 0.2) is 17.1 Å². The van der Waals surface area contributed by atoms with E-state index in [1.165, 1.54) is 18.6 Å². The van der Waals surface area contributed by atoms with Crippen LogP contribution in [0.1, 0.15) is 25.3 Å². The number of methoxy groups -OCH3 is 3. The van der Waals surface area contributed by atoms with Crippen LogP contribution in [0.4, 0.5) is 0 Å². The van der Waals surface area contributed by atoms with Crippen molar-refractivity contribution in [2.45, 2.75) is 31.6 Å². The number of hydrogen-bond acceptors (Lipinski definition) is 5. The number of hydrogen-bond donors (Lipinski definition) is 2. The Morgan fingerprint density at radius 2 is 1.85 bits per heavy atom. The molecule has 0 spiro atoms. The van der Waals surface area contributed by atoms with Crippen molar-refractivity contribution >= 4 is 41.7 Å². The van der Waals surface area contributed by atoms with Gasteiger partial charge in [0.15, 0.2) is 5.96 Å². The molecule has 1 fully saturated rings. The number of benzene rings is 1. The largest absolute Gasteiger partial charge is 0.496 e. The molecule has 26 heavy (non-hydrogen) atoms. The number of nitrogens with zero attached hydrogens (tertiary/aromatic N) is 1. The van der Waals surface area contributed by atoms with Crippen molar-refractivity contribution in [3.63, 3.8) is 0 Å². The van der Waals surface area contributed by atoms with Crippen molar-refractivity contribution in [3.8, 4) is 17.2 Å². The predicted molar refractivity (Wildman–Crippen MR) is 120 cm³/mol. The van der Waals surface area contributed by atoms with Crippen LogP contribution in [0.3, 0.4) is 0 Å². The Kier molecular flexibility index (Phi) is 11.0. The molecule has 1 saturated heterocycles. The molecule has 1 aromatic rings. The number of thioether (sulfide) groups is 1. The maximum absolute atomic E-state index is 5.49. The molecule has 6 nitrogen and oxygen atoms in total. The first-order valence-electron chi connectivity index (χ1n) is 8.64. The molecule has 0 aromatic heterocycles. The first kappa shape index (κ1) is 23.0. The van der Waals surface area contributed by atoms with Gasteiger partial charge in [-0.15, -0.1) is 24.0 Å². The molecular weight excluding hydrogens is 465 g/mol. The van der Waals surface area contributed by atoms with E-state index >= 15 is 0 Å². The summed E-state index contributed by atoms with van der Waals surface area (Å²) in [6, 6.07) is 3.70. The summed E-state index contributed by atoms with van der Waals surface area (Å²) in [5, 5.41) is 7.41. The van der Waals surface area contributed by atoms with Gasteiger partial charge >= 0.3 is 0 Å². The zero-order valence-corrected chi connectivity index (χ0v) is 19.1. The molecule has 1 heterocycles. The van der Waals surface area contributed by atoms with Crippen LogP contribution < -0.4 is 24.8 Å². The van der Waals surface area contributed by atoms with Gasteiger partial charge in [0.2, 0.25) is 0 Å².